The summed E-state index contributed by atoms with van der Waals surface area (Å²) in [4.78, 5) is 20.6. The van der Waals surface area contributed by atoms with Gasteiger partial charge in [-0.2, -0.15) is 5.10 Å². The van der Waals surface area contributed by atoms with Crippen LogP contribution in [0.25, 0.3) is 28.0 Å². The van der Waals surface area contributed by atoms with E-state index in [0.717, 1.165) is 16.6 Å². The number of nitrogens with one attached hydrogen (secondary N) is 1. The van der Waals surface area contributed by atoms with Crippen LogP contribution in [0.2, 0.25) is 0 Å². The number of nitrogens with zero attached hydrogens (tertiary/aromatic N) is 4. The van der Waals surface area contributed by atoms with E-state index in [0.29, 0.717) is 28.6 Å². The number of aromatic nitrogens is 4. The number of benzene rings is 2. The van der Waals surface area contributed by atoms with Gasteiger partial charge in [0.2, 0.25) is 11.9 Å². The summed E-state index contributed by atoms with van der Waals surface area (Å²) in [6.45, 7) is 0. The second-order valence-corrected chi connectivity index (χ2v) is 7.10. The average molecular weight is 424 g/mol. The van der Waals surface area contributed by atoms with Crippen molar-refractivity contribution < 1.29 is 9.18 Å². The van der Waals surface area contributed by atoms with E-state index in [-0.39, 0.29) is 5.82 Å². The second kappa shape index (κ2) is 7.92. The smallest absolute Gasteiger partial charge is 0.248 e. The average Bonchev–Trinajstić information content (AvgIpc) is 3.19. The number of pyridine rings is 1. The van der Waals surface area contributed by atoms with E-state index in [1.165, 1.54) is 12.1 Å². The summed E-state index contributed by atoms with van der Waals surface area (Å²) in [5.74, 6) is -0.550. The molecule has 32 heavy (non-hydrogen) atoms. The molecule has 5 aromatic rings. The monoisotopic (exact) mass is 424 g/mol. The minimum absolute atomic E-state index is 0.320. The third kappa shape index (κ3) is 3.65. The van der Waals surface area contributed by atoms with Gasteiger partial charge in [-0.25, -0.2) is 18.9 Å². The SMILES string of the molecule is NC(=O)c1cccc(-c2nn3ccccc3c2-c2ccnc(Nc3cccc(F)c3)n2)c1. The largest absolute Gasteiger partial charge is 0.366 e. The normalized spacial score (nSPS) is 10.9. The van der Waals surface area contributed by atoms with E-state index in [4.69, 9.17) is 10.8 Å². The van der Waals surface area contributed by atoms with Crippen molar-refractivity contribution in [2.75, 3.05) is 5.32 Å². The third-order valence-corrected chi connectivity index (χ3v) is 4.95. The van der Waals surface area contributed by atoms with Gasteiger partial charge in [0.1, 0.15) is 11.5 Å². The van der Waals surface area contributed by atoms with Crippen LogP contribution < -0.4 is 11.1 Å². The molecule has 3 aromatic heterocycles. The highest BCUT2D eigenvalue weighted by Crippen LogP contribution is 2.34. The summed E-state index contributed by atoms with van der Waals surface area (Å²) in [6.07, 6.45) is 3.47. The van der Waals surface area contributed by atoms with E-state index >= 15 is 0 Å². The Balaban J connectivity index is 1.65. The van der Waals surface area contributed by atoms with Crippen molar-refractivity contribution in [1.29, 1.82) is 0 Å². The Kier molecular flexibility index (Phi) is 4.79. The zero-order valence-electron chi connectivity index (χ0n) is 16.7. The summed E-state index contributed by atoms with van der Waals surface area (Å²) >= 11 is 0. The van der Waals surface area contributed by atoms with Crippen LogP contribution in [0.15, 0.2) is 85.2 Å². The van der Waals surface area contributed by atoms with Crippen LogP contribution in [0, 0.1) is 5.82 Å². The van der Waals surface area contributed by atoms with E-state index in [1.807, 2.05) is 30.5 Å². The molecule has 8 heteroatoms. The van der Waals surface area contributed by atoms with Gasteiger partial charge < -0.3 is 11.1 Å². The molecule has 0 unspecified atom stereocenters. The van der Waals surface area contributed by atoms with E-state index < -0.39 is 5.91 Å². The molecule has 0 saturated heterocycles. The Labute approximate surface area is 182 Å². The number of amides is 1. The van der Waals surface area contributed by atoms with Gasteiger partial charge in [0, 0.05) is 29.2 Å². The summed E-state index contributed by atoms with van der Waals surface area (Å²) in [7, 11) is 0. The van der Waals surface area contributed by atoms with Gasteiger partial charge in [-0.3, -0.25) is 4.79 Å². The van der Waals surface area contributed by atoms with Crippen molar-refractivity contribution in [2.24, 2.45) is 5.73 Å². The third-order valence-electron chi connectivity index (χ3n) is 4.95. The number of carbonyl (C=O) groups excluding carboxylic acids is 1. The molecule has 0 bridgehead atoms. The zero-order valence-corrected chi connectivity index (χ0v) is 16.7. The molecular formula is C24H17FN6O. The molecular weight excluding hydrogens is 407 g/mol. The number of hydrogen-bond acceptors (Lipinski definition) is 5. The molecule has 0 saturated carbocycles. The van der Waals surface area contributed by atoms with Crippen LogP contribution in [0.3, 0.4) is 0 Å². The number of carbonyl (C=O) groups is 1. The van der Waals surface area contributed by atoms with E-state index in [9.17, 15) is 9.18 Å². The van der Waals surface area contributed by atoms with Gasteiger partial charge in [-0.1, -0.05) is 24.3 Å². The van der Waals surface area contributed by atoms with Crippen molar-refractivity contribution in [1.82, 2.24) is 19.6 Å². The van der Waals surface area contributed by atoms with Crippen LogP contribution in [-0.4, -0.2) is 25.5 Å². The second-order valence-electron chi connectivity index (χ2n) is 7.10. The first-order chi connectivity index (χ1) is 15.6. The van der Waals surface area contributed by atoms with Crippen molar-refractivity contribution >= 4 is 23.1 Å². The standard InChI is InChI=1S/C24H17FN6O/c25-17-7-4-8-18(14-17)28-24-27-11-10-19(29-24)21-20-9-1-2-12-31(20)30-22(21)15-5-3-6-16(13-15)23(26)32/h1-14H,(H2,26,32)(H,27,28,29). The Morgan fingerprint density at radius 3 is 2.72 bits per heavy atom. The molecule has 156 valence electrons. The Morgan fingerprint density at radius 1 is 1.00 bits per heavy atom. The number of rotatable bonds is 5. The highest BCUT2D eigenvalue weighted by atomic mass is 19.1. The maximum Gasteiger partial charge on any atom is 0.248 e. The Bertz CT molecular complexity index is 1460. The van der Waals surface area contributed by atoms with Crippen molar-refractivity contribution in [3.8, 4) is 22.5 Å². The summed E-state index contributed by atoms with van der Waals surface area (Å²) in [5.41, 5.74) is 10.0. The molecule has 2 aromatic carbocycles. The van der Waals surface area contributed by atoms with Crippen molar-refractivity contribution in [3.05, 3.63) is 96.6 Å². The van der Waals surface area contributed by atoms with Crippen LogP contribution in [-0.2, 0) is 0 Å². The molecule has 0 fully saturated rings. The molecule has 0 radical (unpaired) electrons. The molecule has 1 amide bonds. The number of primary amides is 1. The Hall–Kier alpha value is -4.59. The lowest BCUT2D eigenvalue weighted by molar-refractivity contribution is 0.100. The lowest BCUT2D eigenvalue weighted by atomic mass is 10.0. The number of fused-ring (bicyclic) bond motifs is 1. The molecule has 5 rings (SSSR count). The number of halogens is 1. The van der Waals surface area contributed by atoms with Gasteiger partial charge in [-0.15, -0.1) is 0 Å². The number of hydrogen-bond donors (Lipinski definition) is 2. The molecule has 3 heterocycles. The van der Waals surface area contributed by atoms with Crippen molar-refractivity contribution in [3.63, 3.8) is 0 Å². The predicted octanol–water partition coefficient (Wildman–Crippen LogP) is 4.44. The fourth-order valence-electron chi connectivity index (χ4n) is 3.53. The van der Waals surface area contributed by atoms with Gasteiger partial charge in [0.05, 0.1) is 16.8 Å². The minimum atomic E-state index is -0.513. The first kappa shape index (κ1) is 19.4. The maximum atomic E-state index is 13.6. The molecule has 0 spiro atoms. The van der Waals surface area contributed by atoms with Gasteiger partial charge in [-0.05, 0) is 48.5 Å². The molecule has 0 atom stereocenters. The molecule has 7 nitrogen and oxygen atoms in total. The predicted molar refractivity (Wildman–Crippen MR) is 120 cm³/mol. The fourth-order valence-corrected chi connectivity index (χ4v) is 3.53. The summed E-state index contributed by atoms with van der Waals surface area (Å²) in [5, 5.41) is 7.75. The van der Waals surface area contributed by atoms with Crippen LogP contribution in [0.4, 0.5) is 16.0 Å². The summed E-state index contributed by atoms with van der Waals surface area (Å²) < 4.78 is 15.3. The van der Waals surface area contributed by atoms with Crippen molar-refractivity contribution in [2.45, 2.75) is 0 Å². The van der Waals surface area contributed by atoms with Crippen LogP contribution in [0.5, 0.6) is 0 Å². The van der Waals surface area contributed by atoms with Gasteiger partial charge in [0.25, 0.3) is 0 Å². The first-order valence-electron chi connectivity index (χ1n) is 9.82. The lowest BCUT2D eigenvalue weighted by Crippen LogP contribution is -2.10. The molecule has 0 aliphatic heterocycles. The molecule has 3 N–H and O–H groups in total. The maximum absolute atomic E-state index is 13.6. The zero-order chi connectivity index (χ0) is 22.1. The van der Waals surface area contributed by atoms with Crippen LogP contribution in [0.1, 0.15) is 10.4 Å². The fraction of sp³-hybridized carbons (Fsp3) is 0. The quantitative estimate of drug-likeness (QED) is 0.435. The topological polar surface area (TPSA) is 98.2 Å². The molecule has 0 aliphatic carbocycles. The molecule has 0 aliphatic rings. The highest BCUT2D eigenvalue weighted by molar-refractivity contribution is 5.96. The highest BCUT2D eigenvalue weighted by Gasteiger charge is 2.18. The summed E-state index contributed by atoms with van der Waals surface area (Å²) in [6, 6.07) is 20.6. The number of nitrogens with two attached hydrogens (primary N) is 1. The number of anilines is 2. The van der Waals surface area contributed by atoms with Gasteiger partial charge >= 0.3 is 0 Å². The van der Waals surface area contributed by atoms with E-state index in [1.54, 1.807) is 47.1 Å². The minimum Gasteiger partial charge on any atom is -0.366 e. The first-order valence-corrected chi connectivity index (χ1v) is 9.82. The van der Waals surface area contributed by atoms with Crippen LogP contribution >= 0.6 is 0 Å². The van der Waals surface area contributed by atoms with Gasteiger partial charge in [0.15, 0.2) is 0 Å². The lowest BCUT2D eigenvalue weighted by Gasteiger charge is -2.08. The van der Waals surface area contributed by atoms with E-state index in [2.05, 4.69) is 15.3 Å². The Morgan fingerprint density at radius 2 is 1.88 bits per heavy atom.